The summed E-state index contributed by atoms with van der Waals surface area (Å²) in [4.78, 5) is 0. The van der Waals surface area contributed by atoms with Gasteiger partial charge in [0.05, 0.1) is 0 Å². The minimum absolute atomic E-state index is 0.806. The normalized spacial score (nSPS) is 13.4. The van der Waals surface area contributed by atoms with E-state index in [1.54, 1.807) is 0 Å². The number of hydrogen-bond donors (Lipinski definition) is 1. The molecular weight excluding hydrogens is 158 g/mol. The molecule has 68 valence electrons. The largest absolute Gasteiger partial charge is 0.402 e. The molecule has 0 saturated carbocycles. The molecule has 0 atom stereocenters. The molecule has 13 heavy (non-hydrogen) atoms. The SMILES string of the molecule is C=c1ccc(C)c/c1=C/C=C(\C)N. The summed E-state index contributed by atoms with van der Waals surface area (Å²) in [6.45, 7) is 7.87. The van der Waals surface area contributed by atoms with E-state index in [0.29, 0.717) is 0 Å². The molecule has 2 N–H and O–H groups in total. The Hall–Kier alpha value is -1.50. The molecule has 1 nitrogen and oxygen atoms in total. The van der Waals surface area contributed by atoms with Crippen LogP contribution in [0.4, 0.5) is 0 Å². The Bertz CT molecular complexity index is 423. The minimum Gasteiger partial charge on any atom is -0.402 e. The Labute approximate surface area is 78.9 Å². The van der Waals surface area contributed by atoms with Crippen LogP contribution in [0.5, 0.6) is 0 Å². The van der Waals surface area contributed by atoms with Crippen LogP contribution in [0.15, 0.2) is 30.0 Å². The van der Waals surface area contributed by atoms with Gasteiger partial charge in [0.25, 0.3) is 0 Å². The lowest BCUT2D eigenvalue weighted by Crippen LogP contribution is -2.22. The van der Waals surface area contributed by atoms with E-state index < -0.39 is 0 Å². The van der Waals surface area contributed by atoms with Crippen molar-refractivity contribution in [2.24, 2.45) is 5.73 Å². The van der Waals surface area contributed by atoms with Gasteiger partial charge in [0, 0.05) is 5.70 Å². The Morgan fingerprint density at radius 1 is 1.46 bits per heavy atom. The lowest BCUT2D eigenvalue weighted by Gasteiger charge is -1.92. The predicted molar refractivity (Wildman–Crippen MR) is 58.4 cm³/mol. The molecule has 0 fully saturated rings. The first kappa shape index (κ1) is 9.59. The maximum Gasteiger partial charge on any atom is 0.00490 e. The maximum atomic E-state index is 5.54. The van der Waals surface area contributed by atoms with E-state index in [4.69, 9.17) is 5.73 Å². The number of hydrogen-bond acceptors (Lipinski definition) is 1. The molecule has 0 aliphatic carbocycles. The van der Waals surface area contributed by atoms with Crippen LogP contribution in [0, 0.1) is 6.92 Å². The third-order valence-electron chi connectivity index (χ3n) is 1.83. The van der Waals surface area contributed by atoms with Gasteiger partial charge in [-0.2, -0.15) is 0 Å². The summed E-state index contributed by atoms with van der Waals surface area (Å²) in [5, 5.41) is 2.16. The van der Waals surface area contributed by atoms with Gasteiger partial charge >= 0.3 is 0 Å². The van der Waals surface area contributed by atoms with Crippen molar-refractivity contribution in [1.82, 2.24) is 0 Å². The van der Waals surface area contributed by atoms with Crippen molar-refractivity contribution in [3.63, 3.8) is 0 Å². The monoisotopic (exact) mass is 173 g/mol. The second-order valence-corrected chi connectivity index (χ2v) is 3.28. The lowest BCUT2D eigenvalue weighted by molar-refractivity contribution is 1.32. The van der Waals surface area contributed by atoms with Crippen LogP contribution in [-0.2, 0) is 0 Å². The lowest BCUT2D eigenvalue weighted by atomic mass is 10.1. The highest BCUT2D eigenvalue weighted by molar-refractivity contribution is 5.40. The molecule has 0 amide bonds. The Morgan fingerprint density at radius 3 is 2.77 bits per heavy atom. The van der Waals surface area contributed by atoms with Crippen LogP contribution in [0.2, 0.25) is 0 Å². The van der Waals surface area contributed by atoms with Gasteiger partial charge in [0.15, 0.2) is 0 Å². The molecule has 0 aromatic heterocycles. The van der Waals surface area contributed by atoms with E-state index in [1.807, 2.05) is 25.1 Å². The van der Waals surface area contributed by atoms with Crippen molar-refractivity contribution < 1.29 is 0 Å². The molecule has 0 radical (unpaired) electrons. The zero-order valence-corrected chi connectivity index (χ0v) is 8.17. The molecule has 1 aromatic carbocycles. The Balaban J connectivity index is 3.29. The van der Waals surface area contributed by atoms with E-state index in [-0.39, 0.29) is 0 Å². The first-order chi connectivity index (χ1) is 6.09. The Morgan fingerprint density at radius 2 is 2.15 bits per heavy atom. The average molecular weight is 173 g/mol. The third-order valence-corrected chi connectivity index (χ3v) is 1.83. The van der Waals surface area contributed by atoms with Crippen LogP contribution < -0.4 is 16.2 Å². The predicted octanol–water partition coefficient (Wildman–Crippen LogP) is 1.05. The molecule has 0 bridgehead atoms. The number of allylic oxidation sites excluding steroid dienone is 2. The van der Waals surface area contributed by atoms with Gasteiger partial charge < -0.3 is 5.73 Å². The van der Waals surface area contributed by atoms with Crippen LogP contribution in [0.3, 0.4) is 0 Å². The van der Waals surface area contributed by atoms with Crippen LogP contribution in [-0.4, -0.2) is 0 Å². The second-order valence-electron chi connectivity index (χ2n) is 3.28. The molecule has 0 spiro atoms. The van der Waals surface area contributed by atoms with E-state index in [9.17, 15) is 0 Å². The molecule has 0 heterocycles. The van der Waals surface area contributed by atoms with Gasteiger partial charge in [-0.1, -0.05) is 36.4 Å². The summed E-state index contributed by atoms with van der Waals surface area (Å²) in [6, 6.07) is 6.17. The van der Waals surface area contributed by atoms with E-state index >= 15 is 0 Å². The summed E-state index contributed by atoms with van der Waals surface area (Å²) in [6.07, 6.45) is 3.88. The highest BCUT2D eigenvalue weighted by atomic mass is 14.5. The van der Waals surface area contributed by atoms with Gasteiger partial charge in [-0.05, 0) is 30.4 Å². The maximum absolute atomic E-state index is 5.54. The molecule has 0 aliphatic rings. The number of aryl methyl sites for hydroxylation is 1. The quantitative estimate of drug-likeness (QED) is 0.675. The zero-order valence-electron chi connectivity index (χ0n) is 8.17. The van der Waals surface area contributed by atoms with E-state index in [1.165, 1.54) is 5.56 Å². The molecule has 0 aliphatic heterocycles. The van der Waals surface area contributed by atoms with Gasteiger partial charge in [0.1, 0.15) is 0 Å². The number of rotatable bonds is 1. The molecule has 0 unspecified atom stereocenters. The Kier molecular flexibility index (Phi) is 2.91. The second kappa shape index (κ2) is 3.94. The fourth-order valence-corrected chi connectivity index (χ4v) is 1.09. The topological polar surface area (TPSA) is 26.0 Å². The van der Waals surface area contributed by atoms with Crippen LogP contribution in [0.1, 0.15) is 12.5 Å². The molecule has 1 rings (SSSR count). The number of benzene rings is 1. The third kappa shape index (κ3) is 2.79. The van der Waals surface area contributed by atoms with Gasteiger partial charge in [-0.25, -0.2) is 0 Å². The molecular formula is C12H15N. The van der Waals surface area contributed by atoms with E-state index in [0.717, 1.165) is 16.1 Å². The first-order valence-electron chi connectivity index (χ1n) is 4.29. The summed E-state index contributed by atoms with van der Waals surface area (Å²) in [5.41, 5.74) is 7.58. The summed E-state index contributed by atoms with van der Waals surface area (Å²) in [7, 11) is 0. The van der Waals surface area contributed by atoms with Gasteiger partial charge in [-0.15, -0.1) is 0 Å². The van der Waals surface area contributed by atoms with Crippen molar-refractivity contribution in [3.8, 4) is 0 Å². The standard InChI is InChI=1S/C12H15N/c1-9-4-5-10(2)12(8-9)7-6-11(3)13/h4-8H,2,13H2,1,3H3/b11-6+,12-7-. The van der Waals surface area contributed by atoms with Crippen molar-refractivity contribution >= 4 is 12.7 Å². The van der Waals surface area contributed by atoms with Gasteiger partial charge in [0.2, 0.25) is 0 Å². The van der Waals surface area contributed by atoms with Crippen LogP contribution in [0.25, 0.3) is 12.7 Å². The smallest absolute Gasteiger partial charge is 0.00490 e. The number of nitrogens with two attached hydrogens (primary N) is 1. The minimum atomic E-state index is 0.806. The van der Waals surface area contributed by atoms with E-state index in [2.05, 4.69) is 25.6 Å². The summed E-state index contributed by atoms with van der Waals surface area (Å²) < 4.78 is 0. The highest BCUT2D eigenvalue weighted by Crippen LogP contribution is 1.86. The summed E-state index contributed by atoms with van der Waals surface area (Å²) in [5.74, 6) is 0. The van der Waals surface area contributed by atoms with Crippen molar-refractivity contribution in [2.75, 3.05) is 0 Å². The van der Waals surface area contributed by atoms with Gasteiger partial charge in [-0.3, -0.25) is 0 Å². The molecule has 0 saturated heterocycles. The fourth-order valence-electron chi connectivity index (χ4n) is 1.09. The molecule has 1 aromatic rings. The zero-order chi connectivity index (χ0) is 9.84. The van der Waals surface area contributed by atoms with Crippen molar-refractivity contribution in [3.05, 3.63) is 46.0 Å². The highest BCUT2D eigenvalue weighted by Gasteiger charge is 1.84. The van der Waals surface area contributed by atoms with Crippen molar-refractivity contribution in [1.29, 1.82) is 0 Å². The first-order valence-corrected chi connectivity index (χ1v) is 4.29. The van der Waals surface area contributed by atoms with Crippen molar-refractivity contribution in [2.45, 2.75) is 13.8 Å². The fraction of sp³-hybridized carbons (Fsp3) is 0.167. The average Bonchev–Trinajstić information content (AvgIpc) is 2.06. The van der Waals surface area contributed by atoms with Crippen LogP contribution >= 0.6 is 0 Å². The summed E-state index contributed by atoms with van der Waals surface area (Å²) >= 11 is 0. The molecule has 1 heteroatoms.